The van der Waals surface area contributed by atoms with Crippen molar-refractivity contribution < 1.29 is 13.5 Å². The molecule has 2 saturated carbocycles. The van der Waals surface area contributed by atoms with Crippen LogP contribution in [0.1, 0.15) is 25.7 Å². The molecule has 3 unspecified atom stereocenters. The van der Waals surface area contributed by atoms with Crippen molar-refractivity contribution in [2.75, 3.05) is 13.2 Å². The molecule has 7 heteroatoms. The van der Waals surface area contributed by atoms with E-state index in [2.05, 4.69) is 9.82 Å². The van der Waals surface area contributed by atoms with Gasteiger partial charge in [-0.25, -0.2) is 13.1 Å². The Hall–Kier alpha value is -0.920. The van der Waals surface area contributed by atoms with E-state index in [4.69, 9.17) is 5.11 Å². The van der Waals surface area contributed by atoms with E-state index >= 15 is 0 Å². The van der Waals surface area contributed by atoms with Crippen molar-refractivity contribution in [2.45, 2.75) is 37.1 Å². The van der Waals surface area contributed by atoms with E-state index < -0.39 is 10.0 Å². The predicted molar refractivity (Wildman–Crippen MR) is 73.4 cm³/mol. The average Bonchev–Trinajstić information content (AvgIpc) is 3.12. The number of hydrogen-bond donors (Lipinski definition) is 2. The summed E-state index contributed by atoms with van der Waals surface area (Å²) in [5, 5.41) is 12.7. The number of rotatable bonds is 6. The Labute approximate surface area is 119 Å². The average molecular weight is 299 g/mol. The summed E-state index contributed by atoms with van der Waals surface area (Å²) in [7, 11) is -3.48. The number of hydrogen-bond acceptors (Lipinski definition) is 4. The summed E-state index contributed by atoms with van der Waals surface area (Å²) >= 11 is 0. The molecule has 1 heterocycles. The minimum atomic E-state index is -3.48. The summed E-state index contributed by atoms with van der Waals surface area (Å²) in [5.74, 6) is 2.03. The fourth-order valence-corrected chi connectivity index (χ4v) is 4.68. The van der Waals surface area contributed by atoms with Gasteiger partial charge in [-0.05, 0) is 37.0 Å². The standard InChI is InChI=1S/C13H21N3O3S/c17-4-3-16-9-13(8-14-16)20(18,19)15-7-12-6-10-1-2-11(12)5-10/h8-12,15,17H,1-7H2. The Kier molecular flexibility index (Phi) is 3.83. The van der Waals surface area contributed by atoms with E-state index in [0.717, 1.165) is 12.3 Å². The fraction of sp³-hybridized carbons (Fsp3) is 0.769. The molecule has 0 aromatic carbocycles. The molecule has 2 fully saturated rings. The lowest BCUT2D eigenvalue weighted by atomic mass is 9.89. The minimum Gasteiger partial charge on any atom is -0.394 e. The number of nitrogens with zero attached hydrogens (tertiary/aromatic N) is 2. The quantitative estimate of drug-likeness (QED) is 0.805. The van der Waals surface area contributed by atoms with Crippen molar-refractivity contribution in [1.82, 2.24) is 14.5 Å². The van der Waals surface area contributed by atoms with Crippen LogP contribution in [0.5, 0.6) is 0 Å². The first-order valence-electron chi connectivity index (χ1n) is 7.21. The predicted octanol–water partition coefficient (Wildman–Crippen LogP) is 0.590. The molecule has 0 saturated heterocycles. The Morgan fingerprint density at radius 2 is 2.25 bits per heavy atom. The molecule has 2 bridgehead atoms. The zero-order chi connectivity index (χ0) is 14.2. The van der Waals surface area contributed by atoms with E-state index in [1.165, 1.54) is 36.3 Å². The topological polar surface area (TPSA) is 84.2 Å². The molecule has 2 aliphatic carbocycles. The summed E-state index contributed by atoms with van der Waals surface area (Å²) in [4.78, 5) is 0.175. The maximum Gasteiger partial charge on any atom is 0.243 e. The third-order valence-electron chi connectivity index (χ3n) is 4.67. The molecule has 2 N–H and O–H groups in total. The highest BCUT2D eigenvalue weighted by Gasteiger charge is 2.39. The van der Waals surface area contributed by atoms with Crippen LogP contribution in [0.25, 0.3) is 0 Å². The lowest BCUT2D eigenvalue weighted by Crippen LogP contribution is -2.31. The van der Waals surface area contributed by atoms with Crippen molar-refractivity contribution in [3.8, 4) is 0 Å². The zero-order valence-corrected chi connectivity index (χ0v) is 12.2. The van der Waals surface area contributed by atoms with Crippen LogP contribution >= 0.6 is 0 Å². The fourth-order valence-electron chi connectivity index (χ4n) is 3.63. The Bertz CT molecular complexity index is 569. The van der Waals surface area contributed by atoms with Gasteiger partial charge in [0.25, 0.3) is 0 Å². The van der Waals surface area contributed by atoms with Crippen LogP contribution in [0.3, 0.4) is 0 Å². The van der Waals surface area contributed by atoms with Crippen molar-refractivity contribution >= 4 is 10.0 Å². The van der Waals surface area contributed by atoms with E-state index in [0.29, 0.717) is 24.9 Å². The molecule has 0 amide bonds. The van der Waals surface area contributed by atoms with Crippen LogP contribution in [0.2, 0.25) is 0 Å². The summed E-state index contributed by atoms with van der Waals surface area (Å²) in [6.45, 7) is 0.788. The molecule has 1 aromatic rings. The minimum absolute atomic E-state index is 0.0558. The lowest BCUT2D eigenvalue weighted by molar-refractivity contribution is 0.269. The number of sulfonamides is 1. The maximum atomic E-state index is 12.2. The first-order chi connectivity index (χ1) is 9.58. The van der Waals surface area contributed by atoms with Crippen LogP contribution in [-0.4, -0.2) is 36.5 Å². The van der Waals surface area contributed by atoms with Gasteiger partial charge in [-0.1, -0.05) is 6.42 Å². The molecule has 0 radical (unpaired) electrons. The smallest absolute Gasteiger partial charge is 0.243 e. The molecule has 1 aromatic heterocycles. The van der Waals surface area contributed by atoms with Gasteiger partial charge in [0.05, 0.1) is 19.3 Å². The zero-order valence-electron chi connectivity index (χ0n) is 11.4. The highest BCUT2D eigenvalue weighted by Crippen LogP contribution is 2.48. The van der Waals surface area contributed by atoms with Crippen LogP contribution < -0.4 is 4.72 Å². The summed E-state index contributed by atoms with van der Waals surface area (Å²) in [5.41, 5.74) is 0. The monoisotopic (exact) mass is 299 g/mol. The van der Waals surface area contributed by atoms with Gasteiger partial charge in [0.2, 0.25) is 10.0 Å². The molecule has 2 aliphatic rings. The lowest BCUT2D eigenvalue weighted by Gasteiger charge is -2.21. The molecule has 3 rings (SSSR count). The van der Waals surface area contributed by atoms with Gasteiger partial charge in [0, 0.05) is 12.7 Å². The SMILES string of the molecule is O=S(=O)(NCC1CC2CCC1C2)c1cnn(CCO)c1. The second kappa shape index (κ2) is 5.46. The molecule has 0 aliphatic heterocycles. The number of nitrogens with one attached hydrogen (secondary N) is 1. The van der Waals surface area contributed by atoms with Crippen molar-refractivity contribution in [3.05, 3.63) is 12.4 Å². The maximum absolute atomic E-state index is 12.2. The van der Waals surface area contributed by atoms with Crippen LogP contribution in [0.4, 0.5) is 0 Å². The van der Waals surface area contributed by atoms with Crippen molar-refractivity contribution in [1.29, 1.82) is 0 Å². The van der Waals surface area contributed by atoms with E-state index in [1.54, 1.807) is 0 Å². The second-order valence-electron chi connectivity index (χ2n) is 5.95. The molecule has 3 atom stereocenters. The van der Waals surface area contributed by atoms with E-state index in [9.17, 15) is 8.42 Å². The first kappa shape index (κ1) is 14.0. The molecule has 112 valence electrons. The van der Waals surface area contributed by atoms with Gasteiger partial charge >= 0.3 is 0 Å². The molecule has 20 heavy (non-hydrogen) atoms. The highest BCUT2D eigenvalue weighted by atomic mass is 32.2. The highest BCUT2D eigenvalue weighted by molar-refractivity contribution is 7.89. The van der Waals surface area contributed by atoms with Crippen LogP contribution in [0.15, 0.2) is 17.3 Å². The van der Waals surface area contributed by atoms with Gasteiger partial charge in [0.15, 0.2) is 0 Å². The molecular formula is C13H21N3O3S. The third-order valence-corrected chi connectivity index (χ3v) is 6.05. The molecule has 6 nitrogen and oxygen atoms in total. The normalized spacial score (nSPS) is 29.1. The van der Waals surface area contributed by atoms with Crippen LogP contribution in [0, 0.1) is 17.8 Å². The van der Waals surface area contributed by atoms with Gasteiger partial charge in [-0.15, -0.1) is 0 Å². The molecule has 0 spiro atoms. The first-order valence-corrected chi connectivity index (χ1v) is 8.70. The number of aliphatic hydroxyl groups is 1. The van der Waals surface area contributed by atoms with Gasteiger partial charge in [-0.3, -0.25) is 4.68 Å². The van der Waals surface area contributed by atoms with Gasteiger partial charge < -0.3 is 5.11 Å². The summed E-state index contributed by atoms with van der Waals surface area (Å²) in [6, 6.07) is 0. The van der Waals surface area contributed by atoms with Gasteiger partial charge in [-0.2, -0.15) is 5.10 Å². The number of fused-ring (bicyclic) bond motifs is 2. The Morgan fingerprint density at radius 3 is 2.90 bits per heavy atom. The second-order valence-corrected chi connectivity index (χ2v) is 7.72. The number of aliphatic hydroxyl groups excluding tert-OH is 1. The largest absolute Gasteiger partial charge is 0.394 e. The summed E-state index contributed by atoms with van der Waals surface area (Å²) < 4.78 is 28.5. The summed E-state index contributed by atoms with van der Waals surface area (Å²) in [6.07, 6.45) is 7.81. The van der Waals surface area contributed by atoms with E-state index in [-0.39, 0.29) is 11.5 Å². The van der Waals surface area contributed by atoms with E-state index in [1.807, 2.05) is 0 Å². The van der Waals surface area contributed by atoms with Crippen molar-refractivity contribution in [3.63, 3.8) is 0 Å². The van der Waals surface area contributed by atoms with Crippen molar-refractivity contribution in [2.24, 2.45) is 17.8 Å². The Balaban J connectivity index is 1.60. The molecular weight excluding hydrogens is 278 g/mol. The number of aromatic nitrogens is 2. The Morgan fingerprint density at radius 1 is 1.40 bits per heavy atom. The van der Waals surface area contributed by atoms with Crippen LogP contribution in [-0.2, 0) is 16.6 Å². The van der Waals surface area contributed by atoms with Gasteiger partial charge in [0.1, 0.15) is 4.90 Å². The third kappa shape index (κ3) is 2.75.